The molecule has 3 fully saturated rings. The number of aryl methyl sites for hydroxylation is 1. The van der Waals surface area contributed by atoms with Crippen LogP contribution in [0.25, 0.3) is 10.9 Å². The van der Waals surface area contributed by atoms with Crippen LogP contribution in [-0.2, 0) is 24.8 Å². The molecule has 8 heteroatoms. The van der Waals surface area contributed by atoms with Gasteiger partial charge in [-0.1, -0.05) is 32.6 Å². The molecule has 8 nitrogen and oxygen atoms in total. The third kappa shape index (κ3) is 4.58. The van der Waals surface area contributed by atoms with E-state index in [9.17, 15) is 4.79 Å². The summed E-state index contributed by atoms with van der Waals surface area (Å²) in [5.74, 6) is 1.58. The van der Waals surface area contributed by atoms with Gasteiger partial charge in [0.15, 0.2) is 0 Å². The monoisotopic (exact) mass is 478 g/mol. The van der Waals surface area contributed by atoms with Crippen molar-refractivity contribution in [2.75, 3.05) is 26.3 Å². The smallest absolute Gasteiger partial charge is 0.259 e. The molecule has 3 aromatic rings. The van der Waals surface area contributed by atoms with E-state index >= 15 is 0 Å². The molecular formula is C27H38N6O2. The fraction of sp³-hybridized carbons (Fsp3) is 0.667. The zero-order valence-electron chi connectivity index (χ0n) is 21.1. The minimum Gasteiger partial charge on any atom is -0.381 e. The lowest BCUT2D eigenvalue weighted by Gasteiger charge is -2.23. The maximum atomic E-state index is 13.0. The molecule has 6 rings (SSSR count). The molecule has 1 saturated carbocycles. The zero-order chi connectivity index (χ0) is 23.9. The predicted octanol–water partition coefficient (Wildman–Crippen LogP) is 3.78. The number of nitrogens with one attached hydrogen (secondary N) is 1. The van der Waals surface area contributed by atoms with Crippen LogP contribution in [0.5, 0.6) is 0 Å². The average Bonchev–Trinajstić information content (AvgIpc) is 3.63. The van der Waals surface area contributed by atoms with Gasteiger partial charge in [-0.15, -0.1) is 0 Å². The van der Waals surface area contributed by atoms with Crippen LogP contribution < -0.4 is 5.56 Å². The van der Waals surface area contributed by atoms with Crippen LogP contribution in [0.1, 0.15) is 74.5 Å². The van der Waals surface area contributed by atoms with Crippen LogP contribution in [-0.4, -0.2) is 55.7 Å². The molecule has 0 amide bonds. The van der Waals surface area contributed by atoms with Crippen molar-refractivity contribution >= 4 is 10.9 Å². The maximum absolute atomic E-state index is 13.0. The summed E-state index contributed by atoms with van der Waals surface area (Å²) >= 11 is 0. The molecular weight excluding hydrogens is 440 g/mol. The van der Waals surface area contributed by atoms with Crippen LogP contribution in [0.3, 0.4) is 0 Å². The Balaban J connectivity index is 1.19. The number of aromatic amines is 1. The van der Waals surface area contributed by atoms with Crippen molar-refractivity contribution in [1.29, 1.82) is 0 Å². The lowest BCUT2D eigenvalue weighted by Crippen LogP contribution is -2.22. The lowest BCUT2D eigenvalue weighted by atomic mass is 9.94. The first-order chi connectivity index (χ1) is 17.0. The number of hydrogen-bond acceptors (Lipinski definition) is 5. The molecule has 0 radical (unpaired) electrons. The van der Waals surface area contributed by atoms with E-state index in [0.29, 0.717) is 23.3 Å². The van der Waals surface area contributed by atoms with Gasteiger partial charge in [-0.3, -0.25) is 19.1 Å². The number of nitrogens with zero attached hydrogens (tertiary/aromatic N) is 5. The Morgan fingerprint density at radius 3 is 2.71 bits per heavy atom. The molecule has 0 aromatic carbocycles. The molecule has 2 aliphatic heterocycles. The summed E-state index contributed by atoms with van der Waals surface area (Å²) in [4.78, 5) is 18.7. The van der Waals surface area contributed by atoms with Crippen molar-refractivity contribution in [1.82, 2.24) is 29.4 Å². The van der Waals surface area contributed by atoms with E-state index in [1.54, 1.807) is 6.20 Å². The van der Waals surface area contributed by atoms with Crippen LogP contribution in [0.2, 0.25) is 0 Å². The van der Waals surface area contributed by atoms with Crippen molar-refractivity contribution < 1.29 is 4.74 Å². The Hall–Kier alpha value is -2.45. The first-order valence-corrected chi connectivity index (χ1v) is 13.5. The van der Waals surface area contributed by atoms with Gasteiger partial charge < -0.3 is 9.72 Å². The molecule has 188 valence electrons. The first kappa shape index (κ1) is 23.0. The van der Waals surface area contributed by atoms with E-state index < -0.39 is 0 Å². The average molecular weight is 479 g/mol. The highest BCUT2D eigenvalue weighted by molar-refractivity contribution is 5.78. The van der Waals surface area contributed by atoms with E-state index in [1.807, 2.05) is 0 Å². The van der Waals surface area contributed by atoms with E-state index in [4.69, 9.17) is 9.84 Å². The Morgan fingerprint density at radius 2 is 1.91 bits per heavy atom. The number of ether oxygens (including phenoxy) is 1. The van der Waals surface area contributed by atoms with Gasteiger partial charge in [0.2, 0.25) is 0 Å². The standard InChI is InChI=1S/C27H38N6O2/c1-18-15-32(16-22-12-20(30-31(22)2)11-19-5-3-4-6-19)17-24(18)25-13-26-23(27(34)29-25)14-28-33(26)21-7-9-35-10-8-21/h12-14,18-19,21,24H,3-11,15-17H2,1-2H3,(H,29,34)/t18-,24-/m1/s1. The molecule has 0 unspecified atom stereocenters. The SMILES string of the molecule is C[C@@H]1CN(Cc2cc(CC3CCCC3)nn2C)C[C@H]1c1cc2c(cnn2C2CCOCC2)c(=O)[nH]1. The Labute approximate surface area is 206 Å². The molecule has 0 bridgehead atoms. The normalized spacial score (nSPS) is 24.7. The Bertz CT molecular complexity index is 1230. The van der Waals surface area contributed by atoms with Crippen molar-refractivity contribution in [3.8, 4) is 0 Å². The molecule has 1 aliphatic carbocycles. The van der Waals surface area contributed by atoms with E-state index in [2.05, 4.69) is 50.5 Å². The minimum absolute atomic E-state index is 0.0235. The van der Waals surface area contributed by atoms with Gasteiger partial charge in [0.05, 0.1) is 34.5 Å². The largest absolute Gasteiger partial charge is 0.381 e. The molecule has 1 N–H and O–H groups in total. The van der Waals surface area contributed by atoms with Crippen molar-refractivity contribution in [2.24, 2.45) is 18.9 Å². The van der Waals surface area contributed by atoms with Crippen molar-refractivity contribution in [3.05, 3.63) is 45.8 Å². The highest BCUT2D eigenvalue weighted by atomic mass is 16.5. The van der Waals surface area contributed by atoms with Gasteiger partial charge in [-0.05, 0) is 43.2 Å². The van der Waals surface area contributed by atoms with Crippen LogP contribution in [0.15, 0.2) is 23.1 Å². The van der Waals surface area contributed by atoms with Gasteiger partial charge in [0.25, 0.3) is 5.56 Å². The predicted molar refractivity (Wildman–Crippen MR) is 135 cm³/mol. The summed E-state index contributed by atoms with van der Waals surface area (Å²) < 4.78 is 9.67. The molecule has 3 aliphatic rings. The summed E-state index contributed by atoms with van der Waals surface area (Å²) in [5, 5.41) is 10.1. The van der Waals surface area contributed by atoms with E-state index in [1.165, 1.54) is 37.1 Å². The van der Waals surface area contributed by atoms with Gasteiger partial charge in [0.1, 0.15) is 0 Å². The fourth-order valence-electron chi connectivity index (χ4n) is 6.65. The minimum atomic E-state index is -0.0235. The molecule has 2 atom stereocenters. The third-order valence-corrected chi connectivity index (χ3v) is 8.64. The first-order valence-electron chi connectivity index (χ1n) is 13.5. The molecule has 5 heterocycles. The highest BCUT2D eigenvalue weighted by Gasteiger charge is 2.33. The van der Waals surface area contributed by atoms with Gasteiger partial charge in [-0.2, -0.15) is 10.2 Å². The number of aromatic nitrogens is 5. The van der Waals surface area contributed by atoms with Crippen LogP contribution in [0, 0.1) is 11.8 Å². The van der Waals surface area contributed by atoms with Crippen LogP contribution in [0.4, 0.5) is 0 Å². The quantitative estimate of drug-likeness (QED) is 0.583. The second kappa shape index (κ2) is 9.54. The number of H-pyrrole nitrogens is 1. The Kier molecular flexibility index (Phi) is 6.26. The lowest BCUT2D eigenvalue weighted by molar-refractivity contribution is 0.0675. The van der Waals surface area contributed by atoms with Gasteiger partial charge >= 0.3 is 0 Å². The van der Waals surface area contributed by atoms with Crippen LogP contribution >= 0.6 is 0 Å². The third-order valence-electron chi connectivity index (χ3n) is 8.64. The maximum Gasteiger partial charge on any atom is 0.259 e. The highest BCUT2D eigenvalue weighted by Crippen LogP contribution is 2.34. The zero-order valence-corrected chi connectivity index (χ0v) is 21.1. The van der Waals surface area contributed by atoms with Gasteiger partial charge in [0, 0.05) is 51.5 Å². The number of fused-ring (bicyclic) bond motifs is 1. The summed E-state index contributed by atoms with van der Waals surface area (Å²) in [6.45, 7) is 6.68. The Morgan fingerprint density at radius 1 is 1.11 bits per heavy atom. The van der Waals surface area contributed by atoms with Gasteiger partial charge in [-0.25, -0.2) is 0 Å². The van der Waals surface area contributed by atoms with E-state index in [0.717, 1.165) is 69.2 Å². The summed E-state index contributed by atoms with van der Waals surface area (Å²) in [5.41, 5.74) is 4.51. The number of rotatable bonds is 6. The molecule has 2 saturated heterocycles. The molecule has 35 heavy (non-hydrogen) atoms. The molecule has 0 spiro atoms. The van der Waals surface area contributed by atoms with E-state index in [-0.39, 0.29) is 5.56 Å². The summed E-state index contributed by atoms with van der Waals surface area (Å²) in [6, 6.07) is 4.81. The fourth-order valence-corrected chi connectivity index (χ4v) is 6.65. The van der Waals surface area contributed by atoms with Crippen molar-refractivity contribution in [2.45, 2.75) is 70.4 Å². The van der Waals surface area contributed by atoms with Crippen molar-refractivity contribution in [3.63, 3.8) is 0 Å². The number of pyridine rings is 1. The second-order valence-corrected chi connectivity index (χ2v) is 11.2. The second-order valence-electron chi connectivity index (χ2n) is 11.2. The summed E-state index contributed by atoms with van der Waals surface area (Å²) in [6.07, 6.45) is 10.2. The molecule has 3 aromatic heterocycles. The summed E-state index contributed by atoms with van der Waals surface area (Å²) in [7, 11) is 2.08. The number of likely N-dealkylation sites (tertiary alicyclic amines) is 1. The topological polar surface area (TPSA) is 81.0 Å². The number of hydrogen-bond donors (Lipinski definition) is 1.